The van der Waals surface area contributed by atoms with Gasteiger partial charge in [-0.05, 0) is 48.8 Å². The highest BCUT2D eigenvalue weighted by molar-refractivity contribution is 5.93. The molecule has 1 aliphatic rings. The second-order valence-electron chi connectivity index (χ2n) is 6.31. The van der Waals surface area contributed by atoms with Crippen molar-refractivity contribution in [3.05, 3.63) is 51.4 Å². The zero-order valence-corrected chi connectivity index (χ0v) is 14.4. The fourth-order valence-corrected chi connectivity index (χ4v) is 3.62. The minimum atomic E-state index is -1.24. The Morgan fingerprint density at radius 3 is 2.72 bits per heavy atom. The normalized spacial score (nSPS) is 13.5. The summed E-state index contributed by atoms with van der Waals surface area (Å²) >= 11 is 0. The standard InChI is InChI=1S/C20H22O5/c1-3-7-13-12-8-5-6-9-14(12)18(24-10-4-2)17-15(21)11-16(20(22)23)25-19(13)17/h4,11H,2-3,5-10H2,1H3,(H,22,23). The van der Waals surface area contributed by atoms with E-state index in [0.717, 1.165) is 61.3 Å². The van der Waals surface area contributed by atoms with Gasteiger partial charge in [-0.15, -0.1) is 0 Å². The number of benzene rings is 1. The third kappa shape index (κ3) is 3.06. The first-order chi connectivity index (χ1) is 12.1. The van der Waals surface area contributed by atoms with E-state index < -0.39 is 5.97 Å². The summed E-state index contributed by atoms with van der Waals surface area (Å²) in [6, 6.07) is 1.04. The fraction of sp³-hybridized carbons (Fsp3) is 0.400. The van der Waals surface area contributed by atoms with Crippen LogP contribution in [0.25, 0.3) is 11.0 Å². The van der Waals surface area contributed by atoms with Crippen molar-refractivity contribution in [2.24, 2.45) is 0 Å². The van der Waals surface area contributed by atoms with Crippen LogP contribution in [0.1, 0.15) is 53.4 Å². The lowest BCUT2D eigenvalue weighted by atomic mass is 9.84. The van der Waals surface area contributed by atoms with E-state index in [4.69, 9.17) is 9.15 Å². The molecule has 1 heterocycles. The number of aryl methyl sites for hydroxylation is 1. The van der Waals surface area contributed by atoms with Crippen LogP contribution >= 0.6 is 0 Å². The van der Waals surface area contributed by atoms with Gasteiger partial charge in [0, 0.05) is 6.07 Å². The maximum absolute atomic E-state index is 12.7. The second kappa shape index (κ2) is 7.13. The summed E-state index contributed by atoms with van der Waals surface area (Å²) in [4.78, 5) is 24.0. The highest BCUT2D eigenvalue weighted by Crippen LogP contribution is 2.39. The van der Waals surface area contributed by atoms with Crippen molar-refractivity contribution in [1.82, 2.24) is 0 Å². The van der Waals surface area contributed by atoms with Crippen LogP contribution in [0.5, 0.6) is 5.75 Å². The van der Waals surface area contributed by atoms with Crippen molar-refractivity contribution >= 4 is 16.9 Å². The largest absolute Gasteiger partial charge is 0.488 e. The lowest BCUT2D eigenvalue weighted by Gasteiger charge is -2.24. The Labute approximate surface area is 145 Å². The SMILES string of the molecule is C=CCOc1c2c(c(CCC)c3oc(C(=O)O)cc(=O)c13)CCCC2. The van der Waals surface area contributed by atoms with Crippen LogP contribution in [0, 0.1) is 0 Å². The number of aromatic carboxylic acids is 1. The van der Waals surface area contributed by atoms with Gasteiger partial charge in [-0.2, -0.15) is 0 Å². The van der Waals surface area contributed by atoms with Crippen molar-refractivity contribution in [1.29, 1.82) is 0 Å². The second-order valence-corrected chi connectivity index (χ2v) is 6.31. The molecule has 1 N–H and O–H groups in total. The summed E-state index contributed by atoms with van der Waals surface area (Å²) in [5.41, 5.74) is 3.18. The summed E-state index contributed by atoms with van der Waals surface area (Å²) in [5, 5.41) is 9.62. The zero-order valence-electron chi connectivity index (χ0n) is 14.4. The molecule has 2 aromatic rings. The zero-order chi connectivity index (χ0) is 18.0. The first kappa shape index (κ1) is 17.3. The van der Waals surface area contributed by atoms with Gasteiger partial charge in [0.15, 0.2) is 5.43 Å². The van der Waals surface area contributed by atoms with E-state index in [-0.39, 0.29) is 17.8 Å². The molecule has 0 fully saturated rings. The summed E-state index contributed by atoms with van der Waals surface area (Å²) < 4.78 is 11.5. The van der Waals surface area contributed by atoms with E-state index in [0.29, 0.717) is 16.7 Å². The highest BCUT2D eigenvalue weighted by Gasteiger charge is 2.26. The predicted molar refractivity (Wildman–Crippen MR) is 95.8 cm³/mol. The van der Waals surface area contributed by atoms with Crippen molar-refractivity contribution < 1.29 is 19.1 Å². The van der Waals surface area contributed by atoms with Crippen LogP contribution < -0.4 is 10.2 Å². The molecule has 0 radical (unpaired) electrons. The molecule has 0 saturated carbocycles. The predicted octanol–water partition coefficient (Wildman–Crippen LogP) is 3.89. The van der Waals surface area contributed by atoms with E-state index in [2.05, 4.69) is 13.5 Å². The van der Waals surface area contributed by atoms with Crippen molar-refractivity contribution in [3.8, 4) is 5.75 Å². The number of hydrogen-bond donors (Lipinski definition) is 1. The maximum Gasteiger partial charge on any atom is 0.371 e. The Kier molecular flexibility index (Phi) is 4.93. The molecule has 0 spiro atoms. The Morgan fingerprint density at radius 2 is 2.08 bits per heavy atom. The summed E-state index contributed by atoms with van der Waals surface area (Å²) in [7, 11) is 0. The molecule has 5 nitrogen and oxygen atoms in total. The quantitative estimate of drug-likeness (QED) is 0.806. The Balaban J connectivity index is 2.43. The lowest BCUT2D eigenvalue weighted by Crippen LogP contribution is -2.16. The number of fused-ring (bicyclic) bond motifs is 2. The number of ether oxygens (including phenoxy) is 1. The van der Waals surface area contributed by atoms with Gasteiger partial charge in [-0.25, -0.2) is 4.79 Å². The molecule has 0 amide bonds. The Morgan fingerprint density at radius 1 is 1.36 bits per heavy atom. The van der Waals surface area contributed by atoms with Crippen LogP contribution in [0.4, 0.5) is 0 Å². The van der Waals surface area contributed by atoms with Crippen LogP contribution in [-0.4, -0.2) is 17.7 Å². The molecule has 0 atom stereocenters. The van der Waals surface area contributed by atoms with Gasteiger partial charge < -0.3 is 14.3 Å². The molecular formula is C20H22O5. The third-order valence-corrected chi connectivity index (χ3v) is 4.61. The molecule has 3 rings (SSSR count). The van der Waals surface area contributed by atoms with Crippen LogP contribution in [0.15, 0.2) is 27.9 Å². The molecular weight excluding hydrogens is 320 g/mol. The third-order valence-electron chi connectivity index (χ3n) is 4.61. The maximum atomic E-state index is 12.7. The molecule has 0 saturated heterocycles. The van der Waals surface area contributed by atoms with Gasteiger partial charge >= 0.3 is 5.97 Å². The van der Waals surface area contributed by atoms with Gasteiger partial charge in [0.05, 0.1) is 0 Å². The summed E-state index contributed by atoms with van der Waals surface area (Å²) in [5.74, 6) is -1.04. The van der Waals surface area contributed by atoms with E-state index in [1.54, 1.807) is 6.08 Å². The van der Waals surface area contributed by atoms with E-state index in [1.807, 2.05) is 0 Å². The molecule has 25 heavy (non-hydrogen) atoms. The number of carboxylic acids is 1. The van der Waals surface area contributed by atoms with E-state index in [1.165, 1.54) is 0 Å². The molecule has 0 bridgehead atoms. The van der Waals surface area contributed by atoms with Gasteiger partial charge in [0.25, 0.3) is 0 Å². The Hall–Kier alpha value is -2.56. The summed E-state index contributed by atoms with van der Waals surface area (Å²) in [6.45, 7) is 6.01. The number of carbonyl (C=O) groups is 1. The van der Waals surface area contributed by atoms with E-state index in [9.17, 15) is 14.7 Å². The molecule has 1 aliphatic carbocycles. The smallest absolute Gasteiger partial charge is 0.371 e. The molecule has 1 aromatic heterocycles. The van der Waals surface area contributed by atoms with Crippen molar-refractivity contribution in [3.63, 3.8) is 0 Å². The average molecular weight is 342 g/mol. The molecule has 5 heteroatoms. The highest BCUT2D eigenvalue weighted by atomic mass is 16.5. The molecule has 0 aliphatic heterocycles. The van der Waals surface area contributed by atoms with Gasteiger partial charge in [-0.3, -0.25) is 4.79 Å². The van der Waals surface area contributed by atoms with Gasteiger partial charge in [-0.1, -0.05) is 26.0 Å². The van der Waals surface area contributed by atoms with Gasteiger partial charge in [0.2, 0.25) is 5.76 Å². The average Bonchev–Trinajstić information content (AvgIpc) is 2.61. The lowest BCUT2D eigenvalue weighted by molar-refractivity contribution is 0.0663. The molecule has 1 aromatic carbocycles. The number of hydrogen-bond acceptors (Lipinski definition) is 4. The fourth-order valence-electron chi connectivity index (χ4n) is 3.62. The first-order valence-corrected chi connectivity index (χ1v) is 8.69. The topological polar surface area (TPSA) is 76.7 Å². The van der Waals surface area contributed by atoms with Crippen LogP contribution in [0.2, 0.25) is 0 Å². The number of rotatable bonds is 6. The van der Waals surface area contributed by atoms with Crippen LogP contribution in [0.3, 0.4) is 0 Å². The van der Waals surface area contributed by atoms with E-state index >= 15 is 0 Å². The summed E-state index contributed by atoms with van der Waals surface area (Å²) in [6.07, 6.45) is 7.13. The molecule has 132 valence electrons. The minimum absolute atomic E-state index is 0.286. The monoisotopic (exact) mass is 342 g/mol. The van der Waals surface area contributed by atoms with Gasteiger partial charge in [0.1, 0.15) is 23.3 Å². The molecule has 0 unspecified atom stereocenters. The first-order valence-electron chi connectivity index (χ1n) is 8.69. The van der Waals surface area contributed by atoms with Crippen molar-refractivity contribution in [2.45, 2.75) is 45.4 Å². The Bertz CT molecular complexity index is 891. The van der Waals surface area contributed by atoms with Crippen LogP contribution in [-0.2, 0) is 19.3 Å². The van der Waals surface area contributed by atoms with Crippen molar-refractivity contribution in [2.75, 3.05) is 6.61 Å². The number of carboxylic acid groups (broad SMARTS) is 1. The minimum Gasteiger partial charge on any atom is -0.488 e.